The van der Waals surface area contributed by atoms with Crippen molar-refractivity contribution in [1.82, 2.24) is 0 Å². The standard InChI is InChI=1S/C25H22O2/c1-2-23(20-9-5-3-6-10-20)25(21-11-7-4-8-12-21)22-16-13-19(14-17-22)15-18-24(26)27/h2-18,25H,1H3,(H,26,27). The van der Waals surface area contributed by atoms with Crippen molar-refractivity contribution in [1.29, 1.82) is 0 Å². The zero-order chi connectivity index (χ0) is 19.1. The van der Waals surface area contributed by atoms with E-state index in [4.69, 9.17) is 5.11 Å². The smallest absolute Gasteiger partial charge is 0.328 e. The molecule has 0 saturated carbocycles. The van der Waals surface area contributed by atoms with E-state index in [0.717, 1.165) is 11.6 Å². The van der Waals surface area contributed by atoms with Crippen molar-refractivity contribution in [3.05, 3.63) is 119 Å². The number of hydrogen-bond acceptors (Lipinski definition) is 1. The normalized spacial score (nSPS) is 12.9. The molecule has 0 saturated heterocycles. The summed E-state index contributed by atoms with van der Waals surface area (Å²) in [5.74, 6) is -0.836. The molecule has 3 aromatic rings. The average molecular weight is 354 g/mol. The maximum absolute atomic E-state index is 10.7. The minimum atomic E-state index is -0.943. The van der Waals surface area contributed by atoms with Gasteiger partial charge in [0.1, 0.15) is 0 Å². The lowest BCUT2D eigenvalue weighted by Gasteiger charge is -2.22. The van der Waals surface area contributed by atoms with Gasteiger partial charge in [-0.05, 0) is 40.8 Å². The van der Waals surface area contributed by atoms with Gasteiger partial charge in [-0.2, -0.15) is 0 Å². The number of hydrogen-bond donors (Lipinski definition) is 1. The molecule has 2 heteroatoms. The molecule has 1 N–H and O–H groups in total. The molecule has 3 aromatic carbocycles. The summed E-state index contributed by atoms with van der Waals surface area (Å²) in [7, 11) is 0. The number of carbonyl (C=O) groups is 1. The third-order valence-corrected chi connectivity index (χ3v) is 4.55. The highest BCUT2D eigenvalue weighted by molar-refractivity contribution is 5.85. The van der Waals surface area contributed by atoms with Gasteiger partial charge in [0.25, 0.3) is 0 Å². The number of allylic oxidation sites excluding steroid dienone is 2. The van der Waals surface area contributed by atoms with Crippen LogP contribution in [0.1, 0.15) is 35.1 Å². The lowest BCUT2D eigenvalue weighted by atomic mass is 9.81. The van der Waals surface area contributed by atoms with Gasteiger partial charge in [-0.3, -0.25) is 0 Å². The van der Waals surface area contributed by atoms with Crippen LogP contribution < -0.4 is 0 Å². The van der Waals surface area contributed by atoms with E-state index in [1.807, 2.05) is 24.3 Å². The maximum Gasteiger partial charge on any atom is 0.328 e. The van der Waals surface area contributed by atoms with Crippen LogP contribution in [-0.2, 0) is 4.79 Å². The van der Waals surface area contributed by atoms with Gasteiger partial charge in [0, 0.05) is 12.0 Å². The molecular weight excluding hydrogens is 332 g/mol. The van der Waals surface area contributed by atoms with Gasteiger partial charge in [0.15, 0.2) is 0 Å². The molecule has 134 valence electrons. The largest absolute Gasteiger partial charge is 0.478 e. The molecule has 2 nitrogen and oxygen atoms in total. The first-order valence-electron chi connectivity index (χ1n) is 8.96. The van der Waals surface area contributed by atoms with Crippen LogP contribution in [0.25, 0.3) is 11.6 Å². The number of rotatable bonds is 6. The van der Waals surface area contributed by atoms with E-state index in [0.29, 0.717) is 0 Å². The molecule has 0 aromatic heterocycles. The highest BCUT2D eigenvalue weighted by Gasteiger charge is 2.19. The fourth-order valence-electron chi connectivity index (χ4n) is 3.29. The van der Waals surface area contributed by atoms with Crippen molar-refractivity contribution in [3.63, 3.8) is 0 Å². The van der Waals surface area contributed by atoms with Crippen LogP contribution in [0.5, 0.6) is 0 Å². The number of benzene rings is 3. The minimum absolute atomic E-state index is 0.108. The van der Waals surface area contributed by atoms with Crippen LogP contribution in [0.2, 0.25) is 0 Å². The molecule has 0 aliphatic heterocycles. The molecule has 0 amide bonds. The van der Waals surface area contributed by atoms with Crippen LogP contribution in [0.4, 0.5) is 0 Å². The van der Waals surface area contributed by atoms with Gasteiger partial charge in [0.2, 0.25) is 0 Å². The molecule has 0 radical (unpaired) electrons. The van der Waals surface area contributed by atoms with Crippen molar-refractivity contribution >= 4 is 17.6 Å². The number of carboxylic acids is 1. The number of carboxylic acid groups (broad SMARTS) is 1. The Hall–Kier alpha value is -3.39. The van der Waals surface area contributed by atoms with E-state index < -0.39 is 5.97 Å². The van der Waals surface area contributed by atoms with Gasteiger partial charge < -0.3 is 5.11 Å². The molecule has 27 heavy (non-hydrogen) atoms. The summed E-state index contributed by atoms with van der Waals surface area (Å²) in [6.07, 6.45) is 4.94. The summed E-state index contributed by atoms with van der Waals surface area (Å²) < 4.78 is 0. The van der Waals surface area contributed by atoms with Crippen LogP contribution in [-0.4, -0.2) is 11.1 Å². The number of aliphatic carboxylic acids is 1. The van der Waals surface area contributed by atoms with Crippen molar-refractivity contribution < 1.29 is 9.90 Å². The summed E-state index contributed by atoms with van der Waals surface area (Å²) in [6.45, 7) is 2.07. The molecular formula is C25H22O2. The minimum Gasteiger partial charge on any atom is -0.478 e. The van der Waals surface area contributed by atoms with E-state index >= 15 is 0 Å². The van der Waals surface area contributed by atoms with Gasteiger partial charge in [-0.15, -0.1) is 0 Å². The van der Waals surface area contributed by atoms with E-state index in [1.54, 1.807) is 6.08 Å². The Morgan fingerprint density at radius 1 is 0.815 bits per heavy atom. The molecule has 3 rings (SSSR count). The summed E-state index contributed by atoms with van der Waals surface area (Å²) >= 11 is 0. The second-order valence-electron chi connectivity index (χ2n) is 6.29. The fourth-order valence-corrected chi connectivity index (χ4v) is 3.29. The van der Waals surface area contributed by atoms with Gasteiger partial charge in [-0.25, -0.2) is 4.79 Å². The monoisotopic (exact) mass is 354 g/mol. The molecule has 0 spiro atoms. The molecule has 0 aliphatic rings. The Morgan fingerprint density at radius 2 is 1.37 bits per heavy atom. The second-order valence-corrected chi connectivity index (χ2v) is 6.29. The van der Waals surface area contributed by atoms with Crippen LogP contribution in [0.3, 0.4) is 0 Å². The molecule has 1 unspecified atom stereocenters. The zero-order valence-corrected chi connectivity index (χ0v) is 15.2. The van der Waals surface area contributed by atoms with E-state index in [-0.39, 0.29) is 5.92 Å². The average Bonchev–Trinajstić information content (AvgIpc) is 2.72. The SMILES string of the molecule is CC=C(c1ccccc1)C(c1ccccc1)c1ccc(C=CC(=O)O)cc1. The Bertz CT molecular complexity index is 937. The topological polar surface area (TPSA) is 37.3 Å². The van der Waals surface area contributed by atoms with Crippen LogP contribution >= 0.6 is 0 Å². The van der Waals surface area contributed by atoms with E-state index in [2.05, 4.69) is 73.7 Å². The maximum atomic E-state index is 10.7. The first-order chi connectivity index (χ1) is 13.2. The van der Waals surface area contributed by atoms with Crippen molar-refractivity contribution in [2.75, 3.05) is 0 Å². The predicted molar refractivity (Wildman–Crippen MR) is 111 cm³/mol. The first-order valence-corrected chi connectivity index (χ1v) is 8.96. The van der Waals surface area contributed by atoms with Gasteiger partial charge in [0.05, 0.1) is 0 Å². The molecule has 0 fully saturated rings. The van der Waals surface area contributed by atoms with Crippen LogP contribution in [0, 0.1) is 0 Å². The van der Waals surface area contributed by atoms with Gasteiger partial charge >= 0.3 is 5.97 Å². The Kier molecular flexibility index (Phi) is 6.01. The Labute approximate surface area is 160 Å². The fraction of sp³-hybridized carbons (Fsp3) is 0.0800. The highest BCUT2D eigenvalue weighted by atomic mass is 16.4. The van der Waals surface area contributed by atoms with Gasteiger partial charge in [-0.1, -0.05) is 91.0 Å². The van der Waals surface area contributed by atoms with Crippen molar-refractivity contribution in [2.45, 2.75) is 12.8 Å². The molecule has 0 bridgehead atoms. The van der Waals surface area contributed by atoms with E-state index in [9.17, 15) is 4.79 Å². The quantitative estimate of drug-likeness (QED) is 0.550. The summed E-state index contributed by atoms with van der Waals surface area (Å²) in [4.78, 5) is 10.7. The Morgan fingerprint density at radius 3 is 1.93 bits per heavy atom. The second kappa shape index (κ2) is 8.81. The molecule has 1 atom stereocenters. The zero-order valence-electron chi connectivity index (χ0n) is 15.2. The Balaban J connectivity index is 2.04. The molecule has 0 heterocycles. The lowest BCUT2D eigenvalue weighted by Crippen LogP contribution is -2.04. The lowest BCUT2D eigenvalue weighted by molar-refractivity contribution is -0.131. The van der Waals surface area contributed by atoms with Crippen molar-refractivity contribution in [2.24, 2.45) is 0 Å². The third kappa shape index (κ3) is 4.62. The van der Waals surface area contributed by atoms with Crippen molar-refractivity contribution in [3.8, 4) is 0 Å². The third-order valence-electron chi connectivity index (χ3n) is 4.55. The molecule has 0 aliphatic carbocycles. The van der Waals surface area contributed by atoms with Crippen LogP contribution in [0.15, 0.2) is 97.1 Å². The summed E-state index contributed by atoms with van der Waals surface area (Å²) in [5.41, 5.74) is 5.71. The summed E-state index contributed by atoms with van der Waals surface area (Å²) in [5, 5.41) is 8.80. The highest BCUT2D eigenvalue weighted by Crippen LogP contribution is 2.37. The summed E-state index contributed by atoms with van der Waals surface area (Å²) in [6, 6.07) is 28.9. The van der Waals surface area contributed by atoms with E-state index in [1.165, 1.54) is 22.3 Å². The first kappa shape index (κ1) is 18.4. The predicted octanol–water partition coefficient (Wildman–Crippen LogP) is 6.02.